The van der Waals surface area contributed by atoms with Crippen molar-refractivity contribution >= 4 is 154 Å². The molecule has 0 saturated heterocycles. The molecule has 0 aliphatic heterocycles. The second-order valence-corrected chi connectivity index (χ2v) is 40.4. The van der Waals surface area contributed by atoms with Gasteiger partial charge in [-0.1, -0.05) is 165 Å². The Hall–Kier alpha value is -14.2. The molecule has 136 heavy (non-hydrogen) atoms. The van der Waals surface area contributed by atoms with E-state index in [0.717, 1.165) is 25.7 Å². The second-order valence-electron chi connectivity index (χ2n) is 40.4. The lowest BCUT2D eigenvalue weighted by molar-refractivity contribution is -0.151. The molecule has 0 spiro atoms. The van der Waals surface area contributed by atoms with Crippen LogP contribution in [0.5, 0.6) is 0 Å². The van der Waals surface area contributed by atoms with Crippen LogP contribution in [0.2, 0.25) is 0 Å². The van der Waals surface area contributed by atoms with Crippen LogP contribution in [-0.4, -0.2) is 152 Å². The van der Waals surface area contributed by atoms with E-state index in [9.17, 15) is 47.9 Å². The molecule has 1 atom stereocenters. The fraction of sp³-hybridized carbons (Fsp3) is 0.423. The van der Waals surface area contributed by atoms with Gasteiger partial charge in [0.2, 0.25) is 35.7 Å². The lowest BCUT2D eigenvalue weighted by atomic mass is 9.98. The minimum Gasteiger partial charge on any atom is -0.462 e. The summed E-state index contributed by atoms with van der Waals surface area (Å²) in [5.41, 5.74) is 3.01. The van der Waals surface area contributed by atoms with Gasteiger partial charge in [-0.2, -0.15) is 29.9 Å². The number of carbonyl (C=O) groups is 10. The number of carbonyl (C=O) groups excluding carboxylic acids is 10. The maximum absolute atomic E-state index is 13.2. The Balaban J connectivity index is 0.000000371. The summed E-state index contributed by atoms with van der Waals surface area (Å²) in [4.78, 5) is 158. The van der Waals surface area contributed by atoms with Crippen molar-refractivity contribution in [2.45, 2.75) is 215 Å². The number of hydrogen-bond donors (Lipinski definition) is 9. The summed E-state index contributed by atoms with van der Waals surface area (Å²) in [5, 5.41) is 27.7. The fourth-order valence-corrected chi connectivity index (χ4v) is 11.7. The van der Waals surface area contributed by atoms with Gasteiger partial charge in [0.1, 0.15) is 22.3 Å². The number of nitrogens with zero attached hydrogens (tertiary/aromatic N) is 6. The highest BCUT2D eigenvalue weighted by Crippen LogP contribution is 2.30. The van der Waals surface area contributed by atoms with Crippen LogP contribution in [0, 0.1) is 27.6 Å². The zero-order chi connectivity index (χ0) is 101. The number of hydrogen-bond acceptors (Lipinski definition) is 29. The van der Waals surface area contributed by atoms with Crippen molar-refractivity contribution in [1.82, 2.24) is 45.9 Å². The van der Waals surface area contributed by atoms with Crippen LogP contribution < -0.4 is 47.9 Å². The van der Waals surface area contributed by atoms with Gasteiger partial charge >= 0.3 is 41.8 Å². The number of nitrogens with one attached hydrogen (secondary N) is 9. The van der Waals surface area contributed by atoms with E-state index in [1.165, 1.54) is 24.3 Å². The first-order valence-corrected chi connectivity index (χ1v) is 45.4. The number of anilines is 12. The van der Waals surface area contributed by atoms with Gasteiger partial charge < -0.3 is 81.0 Å². The van der Waals surface area contributed by atoms with E-state index >= 15 is 0 Å². The Labute approximate surface area is 798 Å². The molecule has 8 rings (SSSR count). The van der Waals surface area contributed by atoms with E-state index in [1.54, 1.807) is 159 Å². The summed E-state index contributed by atoms with van der Waals surface area (Å²) in [6, 6.07) is 41.3. The van der Waals surface area contributed by atoms with Crippen LogP contribution in [-0.2, 0) is 71.5 Å². The minimum atomic E-state index is -0.785. The number of benzene rings is 6. The normalized spacial score (nSPS) is 12.1. The topological polar surface area (TPSA) is 421 Å². The predicted molar refractivity (Wildman–Crippen MR) is 531 cm³/mol. The number of ether oxygens (including phenoxy) is 7. The fourth-order valence-electron chi connectivity index (χ4n) is 11.7. The van der Waals surface area contributed by atoms with E-state index in [2.05, 4.69) is 91.6 Å². The van der Waals surface area contributed by atoms with Crippen molar-refractivity contribution < 1.29 is 81.1 Å². The van der Waals surface area contributed by atoms with Gasteiger partial charge in [0.25, 0.3) is 17.7 Å². The van der Waals surface area contributed by atoms with Gasteiger partial charge in [-0.05, 0) is 254 Å². The first-order valence-electron chi connectivity index (χ1n) is 45.4. The summed E-state index contributed by atoms with van der Waals surface area (Å²) in [7, 11) is 0. The van der Waals surface area contributed by atoms with E-state index < -0.39 is 70.2 Å². The maximum atomic E-state index is 13.2. The molecule has 32 nitrogen and oxygen atoms in total. The second kappa shape index (κ2) is 49.2. The van der Waals surface area contributed by atoms with Gasteiger partial charge in [0.05, 0.1) is 51.8 Å². The number of unbranched alkanes of at least 4 members (excludes halogenated alkanes) is 1. The molecule has 0 saturated carbocycles. The SMILES string of the molecule is CC(C)(C)COC(=O)C(=Cc1ccc(Nc2nc(Nc3ccc(C=C(C(=O)OCC(C)(C)C)C(=O)OCC(C)(C)C)cc3)nc(Nc3ccc(C(=O)NC(C)(C)C)cc3)n2)cc1)C(=O)OCC(C)(C)C.CCCCC(CC)COC(=O)c1ccc(Nc2nc(Nc3ccc(/C=C(\C(=O)NC(C)(C)C)C(=O)OCC)cc3)nc(Nc3ccc(/C=C(\C(=O)NC(C)(C)C)C(=O)OCC)cc3)n2)cc1. The number of amides is 3. The third-order valence-electron chi connectivity index (χ3n) is 18.3. The number of esters is 7. The van der Waals surface area contributed by atoms with Crippen molar-refractivity contribution in [2.75, 3.05) is 78.1 Å². The Morgan fingerprint density at radius 2 is 0.529 bits per heavy atom. The molecule has 0 aliphatic carbocycles. The van der Waals surface area contributed by atoms with Crippen molar-refractivity contribution in [1.29, 1.82) is 0 Å². The molecular weight excluding hydrogens is 1730 g/mol. The van der Waals surface area contributed by atoms with Gasteiger partial charge in [-0.25, -0.2) is 33.6 Å². The van der Waals surface area contributed by atoms with Crippen molar-refractivity contribution in [3.05, 3.63) is 201 Å². The Bertz CT molecular complexity index is 5240. The molecule has 0 aliphatic rings. The molecule has 0 radical (unpaired) electrons. The van der Waals surface area contributed by atoms with Crippen molar-refractivity contribution in [3.63, 3.8) is 0 Å². The van der Waals surface area contributed by atoms with Gasteiger partial charge in [-0.15, -0.1) is 0 Å². The molecular formula is C104H135N15O17. The molecule has 3 amide bonds. The summed E-state index contributed by atoms with van der Waals surface area (Å²) < 4.78 is 38.0. The molecule has 728 valence electrons. The van der Waals surface area contributed by atoms with Gasteiger partial charge in [0, 0.05) is 56.3 Å². The molecule has 2 heterocycles. The molecule has 2 aromatic heterocycles. The highest BCUT2D eigenvalue weighted by Gasteiger charge is 2.31. The summed E-state index contributed by atoms with van der Waals surface area (Å²) in [5.74, 6) is -5.07. The number of aromatic nitrogens is 6. The van der Waals surface area contributed by atoms with E-state index in [4.69, 9.17) is 33.2 Å². The van der Waals surface area contributed by atoms with E-state index in [0.29, 0.717) is 80.0 Å². The third kappa shape index (κ3) is 39.9. The Kier molecular flexibility index (Phi) is 39.3. The molecule has 1 unspecified atom stereocenters. The summed E-state index contributed by atoms with van der Waals surface area (Å²) >= 11 is 0. The molecule has 32 heteroatoms. The van der Waals surface area contributed by atoms with Crippen LogP contribution in [0.4, 0.5) is 69.8 Å². The standard InChI is InChI=1S/C54H71N7O9.C50H64N8O8/c1-50(2,3)30-67-43(63)40(44(64)68-31-51(4,5)6)28-34-16-22-37(23-17-34)55-47-58-48(60-49(59-47)57-39-26-20-36(21-27-39)42(62)61-54(13,14)15)56-38-24-18-35(19-25-38)29-41(45(65)69-32-52(7,8)9)46(66)70-33-53(10,11)12;1-11-15-16-32(12-2)31-66-43(61)35-21-27-38(28-22-35)53-48-55-46(51-36-23-17-33(18-24-36)29-39(44(62)64-13-3)41(59)57-49(5,6)7)54-47(56-48)52-37-25-19-34(20-26-37)30-40(45(63)65-14-4)42(60)58-50(8,9)10/h16-29H,30-33H2,1-15H3,(H,61,62)(H3,55,56,57,58,59,60);17-30,32H,11-16,31H2,1-10H3,(H,57,59)(H,58,60)(H3,51,52,53,54,55,56)/b;39-29+,40-30+. The summed E-state index contributed by atoms with van der Waals surface area (Å²) in [6.07, 6.45) is 9.94. The smallest absolute Gasteiger partial charge is 0.345 e. The molecule has 0 bridgehead atoms. The average Bonchev–Trinajstić information content (AvgIpc) is 0.802. The monoisotopic (exact) mass is 1870 g/mol. The molecule has 0 fully saturated rings. The van der Waals surface area contributed by atoms with Gasteiger partial charge in [0.15, 0.2) is 0 Å². The molecule has 9 N–H and O–H groups in total. The molecule has 8 aromatic rings. The van der Waals surface area contributed by atoms with Crippen LogP contribution in [0.25, 0.3) is 24.3 Å². The first-order chi connectivity index (χ1) is 63.6. The van der Waals surface area contributed by atoms with E-state index in [1.807, 2.05) is 145 Å². The average molecular weight is 1870 g/mol. The van der Waals surface area contributed by atoms with E-state index in [-0.39, 0.29) is 125 Å². The zero-order valence-corrected chi connectivity index (χ0v) is 83.1. The minimum absolute atomic E-state index is 0.105. The third-order valence-corrected chi connectivity index (χ3v) is 18.3. The number of rotatable bonds is 38. The summed E-state index contributed by atoms with van der Waals surface area (Å²) in [6.45, 7) is 48.3. The quantitative estimate of drug-likeness (QED) is 0.00570. The first kappa shape index (κ1) is 109. The van der Waals surface area contributed by atoms with Crippen LogP contribution >= 0.6 is 0 Å². The highest BCUT2D eigenvalue weighted by molar-refractivity contribution is 6.21. The lowest BCUT2D eigenvalue weighted by Crippen LogP contribution is -2.42. The van der Waals surface area contributed by atoms with Crippen molar-refractivity contribution in [3.8, 4) is 0 Å². The Morgan fingerprint density at radius 1 is 0.294 bits per heavy atom. The van der Waals surface area contributed by atoms with Gasteiger partial charge in [-0.3, -0.25) is 14.4 Å². The molecule has 6 aromatic carbocycles. The van der Waals surface area contributed by atoms with Crippen LogP contribution in [0.3, 0.4) is 0 Å². The lowest BCUT2D eigenvalue weighted by Gasteiger charge is -2.21. The maximum Gasteiger partial charge on any atom is 0.345 e. The Morgan fingerprint density at radius 3 is 0.757 bits per heavy atom. The van der Waals surface area contributed by atoms with Crippen LogP contribution in [0.1, 0.15) is 242 Å². The zero-order valence-electron chi connectivity index (χ0n) is 83.1. The largest absolute Gasteiger partial charge is 0.462 e. The highest BCUT2D eigenvalue weighted by atomic mass is 16.6. The van der Waals surface area contributed by atoms with Crippen LogP contribution in [0.15, 0.2) is 168 Å². The predicted octanol–water partition coefficient (Wildman–Crippen LogP) is 20.0. The van der Waals surface area contributed by atoms with Crippen molar-refractivity contribution in [2.24, 2.45) is 27.6 Å².